The number of likely N-dealkylation sites (tertiary alicyclic amines) is 1. The highest BCUT2D eigenvalue weighted by Crippen LogP contribution is 2.41. The van der Waals surface area contributed by atoms with Gasteiger partial charge in [-0.25, -0.2) is 0 Å². The summed E-state index contributed by atoms with van der Waals surface area (Å²) in [4.78, 5) is 2.33. The van der Waals surface area contributed by atoms with Crippen molar-refractivity contribution in [3.05, 3.63) is 11.6 Å². The monoisotopic (exact) mass is 204 g/mol. The summed E-state index contributed by atoms with van der Waals surface area (Å²) in [5, 5.41) is 9.47. The van der Waals surface area contributed by atoms with Gasteiger partial charge in [-0.1, -0.05) is 11.6 Å². The molecule has 1 heterocycles. The predicted molar refractivity (Wildman–Crippen MR) is 61.3 cm³/mol. The fraction of sp³-hybridized carbons (Fsp3) is 0.769. The summed E-state index contributed by atoms with van der Waals surface area (Å²) in [5.41, 5.74) is 1.34. The Labute approximate surface area is 92.6 Å². The zero-order chi connectivity index (χ0) is 10.7. The standard InChI is InChI=1S/C13H20N2/c1-15-9-7-13(11-14,8-10-15)12-5-3-2-4-6-12/h5H,2-4,6-10H2,1H3. The van der Waals surface area contributed by atoms with E-state index in [1.807, 2.05) is 0 Å². The molecule has 1 aliphatic carbocycles. The lowest BCUT2D eigenvalue weighted by Crippen LogP contribution is -2.38. The summed E-state index contributed by atoms with van der Waals surface area (Å²) in [7, 11) is 2.15. The first kappa shape index (κ1) is 10.7. The number of allylic oxidation sites excluding steroid dienone is 2. The van der Waals surface area contributed by atoms with Crippen LogP contribution in [-0.2, 0) is 0 Å². The van der Waals surface area contributed by atoms with Crippen molar-refractivity contribution in [3.63, 3.8) is 0 Å². The Balaban J connectivity index is 2.15. The summed E-state index contributed by atoms with van der Waals surface area (Å²) in [6, 6.07) is 2.61. The second kappa shape index (κ2) is 4.37. The van der Waals surface area contributed by atoms with Crippen molar-refractivity contribution < 1.29 is 0 Å². The van der Waals surface area contributed by atoms with Crippen molar-refractivity contribution in [3.8, 4) is 6.07 Å². The lowest BCUT2D eigenvalue weighted by Gasteiger charge is -2.38. The first-order chi connectivity index (χ1) is 7.27. The third kappa shape index (κ3) is 2.08. The molecule has 0 radical (unpaired) electrons. The van der Waals surface area contributed by atoms with Gasteiger partial charge in [0.15, 0.2) is 0 Å². The lowest BCUT2D eigenvalue weighted by atomic mass is 9.70. The van der Waals surface area contributed by atoms with Crippen LogP contribution in [0.1, 0.15) is 38.5 Å². The van der Waals surface area contributed by atoms with Crippen molar-refractivity contribution in [2.75, 3.05) is 20.1 Å². The fourth-order valence-electron chi connectivity index (χ4n) is 2.78. The highest BCUT2D eigenvalue weighted by atomic mass is 15.1. The first-order valence-electron chi connectivity index (χ1n) is 6.06. The molecule has 0 saturated carbocycles. The minimum absolute atomic E-state index is 0.104. The topological polar surface area (TPSA) is 27.0 Å². The van der Waals surface area contributed by atoms with Gasteiger partial charge in [-0.05, 0) is 58.7 Å². The van der Waals surface area contributed by atoms with E-state index in [0.717, 1.165) is 32.4 Å². The number of hydrogen-bond donors (Lipinski definition) is 0. The van der Waals surface area contributed by atoms with Gasteiger partial charge in [-0.15, -0.1) is 0 Å². The molecule has 1 aliphatic heterocycles. The number of nitriles is 1. The van der Waals surface area contributed by atoms with Gasteiger partial charge in [0, 0.05) is 0 Å². The Hall–Kier alpha value is -0.810. The van der Waals surface area contributed by atoms with Crippen LogP contribution in [0, 0.1) is 16.7 Å². The van der Waals surface area contributed by atoms with Gasteiger partial charge in [0.2, 0.25) is 0 Å². The summed E-state index contributed by atoms with van der Waals surface area (Å²) >= 11 is 0. The van der Waals surface area contributed by atoms with E-state index in [1.54, 1.807) is 0 Å². The zero-order valence-corrected chi connectivity index (χ0v) is 9.63. The molecule has 2 aliphatic rings. The summed E-state index contributed by atoms with van der Waals surface area (Å²) in [5.74, 6) is 0. The molecule has 0 aromatic carbocycles. The average molecular weight is 204 g/mol. The minimum atomic E-state index is -0.104. The fourth-order valence-corrected chi connectivity index (χ4v) is 2.78. The molecule has 15 heavy (non-hydrogen) atoms. The van der Waals surface area contributed by atoms with E-state index in [4.69, 9.17) is 0 Å². The van der Waals surface area contributed by atoms with Crippen LogP contribution in [0.5, 0.6) is 0 Å². The molecule has 0 aromatic rings. The van der Waals surface area contributed by atoms with Crippen LogP contribution in [0.15, 0.2) is 11.6 Å². The summed E-state index contributed by atoms with van der Waals surface area (Å²) < 4.78 is 0. The third-order valence-corrected chi connectivity index (χ3v) is 3.96. The highest BCUT2D eigenvalue weighted by molar-refractivity contribution is 5.26. The number of piperidine rings is 1. The molecule has 0 aromatic heterocycles. The molecule has 0 N–H and O–H groups in total. The summed E-state index contributed by atoms with van der Waals surface area (Å²) in [6.45, 7) is 2.15. The van der Waals surface area contributed by atoms with Crippen LogP contribution in [-0.4, -0.2) is 25.0 Å². The lowest BCUT2D eigenvalue weighted by molar-refractivity contribution is 0.192. The number of rotatable bonds is 1. The van der Waals surface area contributed by atoms with Crippen molar-refractivity contribution in [2.45, 2.75) is 38.5 Å². The Morgan fingerprint density at radius 3 is 2.60 bits per heavy atom. The van der Waals surface area contributed by atoms with E-state index >= 15 is 0 Å². The Kier molecular flexibility index (Phi) is 3.11. The molecule has 0 spiro atoms. The molecular formula is C13H20N2. The van der Waals surface area contributed by atoms with Gasteiger partial charge < -0.3 is 4.90 Å². The Morgan fingerprint density at radius 1 is 1.33 bits per heavy atom. The van der Waals surface area contributed by atoms with E-state index in [0.29, 0.717) is 0 Å². The first-order valence-corrected chi connectivity index (χ1v) is 6.06. The molecule has 2 nitrogen and oxygen atoms in total. The van der Waals surface area contributed by atoms with Gasteiger partial charge in [0.05, 0.1) is 11.5 Å². The van der Waals surface area contributed by atoms with Gasteiger partial charge >= 0.3 is 0 Å². The highest BCUT2D eigenvalue weighted by Gasteiger charge is 2.37. The second-order valence-corrected chi connectivity index (χ2v) is 4.97. The Morgan fingerprint density at radius 2 is 2.07 bits per heavy atom. The van der Waals surface area contributed by atoms with Crippen LogP contribution in [0.25, 0.3) is 0 Å². The van der Waals surface area contributed by atoms with E-state index < -0.39 is 0 Å². The maximum absolute atomic E-state index is 9.47. The van der Waals surface area contributed by atoms with Crippen LogP contribution >= 0.6 is 0 Å². The average Bonchev–Trinajstić information content (AvgIpc) is 2.32. The Bertz CT molecular complexity index is 290. The molecule has 2 rings (SSSR count). The van der Waals surface area contributed by atoms with Crippen molar-refractivity contribution in [1.29, 1.82) is 5.26 Å². The van der Waals surface area contributed by atoms with Gasteiger partial charge in [0.1, 0.15) is 0 Å². The maximum Gasteiger partial charge on any atom is 0.0806 e. The molecule has 82 valence electrons. The summed E-state index contributed by atoms with van der Waals surface area (Å²) in [6.07, 6.45) is 9.36. The molecule has 0 unspecified atom stereocenters. The molecule has 0 bridgehead atoms. The van der Waals surface area contributed by atoms with Gasteiger partial charge in [0.25, 0.3) is 0 Å². The second-order valence-electron chi connectivity index (χ2n) is 4.97. The van der Waals surface area contributed by atoms with Crippen LogP contribution in [0.4, 0.5) is 0 Å². The van der Waals surface area contributed by atoms with Crippen LogP contribution in [0.2, 0.25) is 0 Å². The van der Waals surface area contributed by atoms with Crippen molar-refractivity contribution in [2.24, 2.45) is 5.41 Å². The maximum atomic E-state index is 9.47. The molecular weight excluding hydrogens is 184 g/mol. The van der Waals surface area contributed by atoms with E-state index in [1.165, 1.54) is 24.8 Å². The van der Waals surface area contributed by atoms with E-state index in [-0.39, 0.29) is 5.41 Å². The van der Waals surface area contributed by atoms with Gasteiger partial charge in [-0.2, -0.15) is 5.26 Å². The molecule has 1 fully saturated rings. The predicted octanol–water partition coefficient (Wildman–Crippen LogP) is 2.72. The normalized spacial score (nSPS) is 26.8. The van der Waals surface area contributed by atoms with E-state index in [2.05, 4.69) is 24.1 Å². The van der Waals surface area contributed by atoms with Crippen LogP contribution in [0.3, 0.4) is 0 Å². The smallest absolute Gasteiger partial charge is 0.0806 e. The molecule has 1 saturated heterocycles. The number of nitrogens with zero attached hydrogens (tertiary/aromatic N) is 2. The molecule has 0 atom stereocenters. The molecule has 2 heteroatoms. The van der Waals surface area contributed by atoms with Gasteiger partial charge in [-0.3, -0.25) is 0 Å². The zero-order valence-electron chi connectivity index (χ0n) is 9.63. The third-order valence-electron chi connectivity index (χ3n) is 3.96. The van der Waals surface area contributed by atoms with Crippen molar-refractivity contribution in [1.82, 2.24) is 4.90 Å². The van der Waals surface area contributed by atoms with E-state index in [9.17, 15) is 5.26 Å². The quantitative estimate of drug-likeness (QED) is 0.614. The van der Waals surface area contributed by atoms with Crippen LogP contribution < -0.4 is 0 Å². The van der Waals surface area contributed by atoms with Crippen molar-refractivity contribution >= 4 is 0 Å². The number of hydrogen-bond acceptors (Lipinski definition) is 2. The largest absolute Gasteiger partial charge is 0.306 e. The SMILES string of the molecule is CN1CCC(C#N)(C2=CCCCC2)CC1. The minimum Gasteiger partial charge on any atom is -0.306 e. The molecule has 0 amide bonds.